The molecule has 0 aromatic heterocycles. The second-order valence-electron chi connectivity index (χ2n) is 6.96. The number of rotatable bonds is 4. The van der Waals surface area contributed by atoms with Gasteiger partial charge in [-0.15, -0.1) is 0 Å². The standard InChI is InChI=1S/C18H24O10/c1-7-6-8-9(14(20)25-2)13(19)12(17(23)28-5)18(24,10(7)15(21)26-3)11(8)16(22)27-4/h7-8,10-12,19,24H,6H2,1-5H3/t7-,8+,10-,11+,12+,18-/m0/s1. The first-order chi connectivity index (χ1) is 13.1. The third kappa shape index (κ3) is 2.92. The van der Waals surface area contributed by atoms with E-state index in [4.69, 9.17) is 14.2 Å². The molecule has 0 heterocycles. The van der Waals surface area contributed by atoms with Crippen LogP contribution in [0.15, 0.2) is 11.3 Å². The number of fused-ring (bicyclic) bond motifs is 2. The fourth-order valence-corrected chi connectivity index (χ4v) is 4.66. The van der Waals surface area contributed by atoms with E-state index in [1.54, 1.807) is 6.92 Å². The van der Waals surface area contributed by atoms with Crippen molar-refractivity contribution in [1.82, 2.24) is 0 Å². The van der Waals surface area contributed by atoms with Gasteiger partial charge in [0, 0.05) is 5.92 Å². The molecule has 1 fully saturated rings. The average molecular weight is 400 g/mol. The van der Waals surface area contributed by atoms with Crippen LogP contribution >= 0.6 is 0 Å². The van der Waals surface area contributed by atoms with Crippen LogP contribution in [-0.2, 0) is 38.1 Å². The zero-order valence-electron chi connectivity index (χ0n) is 16.3. The van der Waals surface area contributed by atoms with Crippen molar-refractivity contribution in [3.63, 3.8) is 0 Å². The quantitative estimate of drug-likeness (QED) is 0.478. The molecule has 0 aliphatic heterocycles. The summed E-state index contributed by atoms with van der Waals surface area (Å²) in [5.41, 5.74) is -2.76. The topological polar surface area (TPSA) is 146 Å². The molecule has 0 aromatic carbocycles. The molecule has 0 amide bonds. The van der Waals surface area contributed by atoms with Gasteiger partial charge >= 0.3 is 23.9 Å². The SMILES string of the molecule is COC(=O)C1=C(O)[C@H](C(=O)OC)[C@]2(O)[C@H](C(=O)OC)[C@@H](C)C[C@H]1[C@@H]2C(=O)OC. The van der Waals surface area contributed by atoms with Crippen molar-refractivity contribution < 1.29 is 48.3 Å². The van der Waals surface area contributed by atoms with E-state index >= 15 is 0 Å². The number of carbonyl (C=O) groups excluding carboxylic acids is 4. The highest BCUT2D eigenvalue weighted by molar-refractivity contribution is 5.95. The normalized spacial score (nSPS) is 34.3. The summed E-state index contributed by atoms with van der Waals surface area (Å²) in [6, 6.07) is 0. The molecule has 156 valence electrons. The summed E-state index contributed by atoms with van der Waals surface area (Å²) in [5.74, 6) is -11.1. The van der Waals surface area contributed by atoms with Gasteiger partial charge in [-0.2, -0.15) is 0 Å². The van der Waals surface area contributed by atoms with E-state index < -0.39 is 64.8 Å². The third-order valence-electron chi connectivity index (χ3n) is 5.73. The van der Waals surface area contributed by atoms with Crippen molar-refractivity contribution >= 4 is 23.9 Å². The Kier molecular flexibility index (Phi) is 6.03. The van der Waals surface area contributed by atoms with Crippen molar-refractivity contribution in [3.05, 3.63) is 11.3 Å². The second-order valence-corrected chi connectivity index (χ2v) is 6.96. The highest BCUT2D eigenvalue weighted by Crippen LogP contribution is 2.57. The van der Waals surface area contributed by atoms with Crippen molar-refractivity contribution in [2.24, 2.45) is 29.6 Å². The summed E-state index contributed by atoms with van der Waals surface area (Å²) in [5, 5.41) is 22.4. The number of carbonyl (C=O) groups is 4. The fourth-order valence-electron chi connectivity index (χ4n) is 4.66. The predicted molar refractivity (Wildman–Crippen MR) is 90.4 cm³/mol. The van der Waals surface area contributed by atoms with E-state index in [1.165, 1.54) is 0 Å². The van der Waals surface area contributed by atoms with Crippen molar-refractivity contribution in [2.45, 2.75) is 18.9 Å². The predicted octanol–water partition coefficient (Wildman–Crippen LogP) is -0.260. The van der Waals surface area contributed by atoms with Crippen LogP contribution < -0.4 is 0 Å². The summed E-state index contributed by atoms with van der Waals surface area (Å²) in [7, 11) is 4.26. The van der Waals surface area contributed by atoms with Crippen LogP contribution in [-0.4, -0.2) is 68.1 Å². The maximum atomic E-state index is 12.6. The number of aliphatic hydroxyl groups is 2. The van der Waals surface area contributed by atoms with Gasteiger partial charge in [-0.1, -0.05) is 6.92 Å². The van der Waals surface area contributed by atoms with Gasteiger partial charge in [0.2, 0.25) is 0 Å². The molecule has 2 bridgehead atoms. The molecule has 2 aliphatic rings. The lowest BCUT2D eigenvalue weighted by molar-refractivity contribution is -0.212. The number of methoxy groups -OCH3 is 4. The monoisotopic (exact) mass is 400 g/mol. The molecule has 0 aromatic rings. The van der Waals surface area contributed by atoms with Gasteiger partial charge < -0.3 is 29.2 Å². The molecule has 10 heteroatoms. The van der Waals surface area contributed by atoms with Crippen LogP contribution in [0.3, 0.4) is 0 Å². The van der Waals surface area contributed by atoms with E-state index in [2.05, 4.69) is 4.74 Å². The largest absolute Gasteiger partial charge is 0.511 e. The number of esters is 4. The minimum atomic E-state index is -2.43. The lowest BCUT2D eigenvalue weighted by Crippen LogP contribution is -2.68. The molecule has 2 rings (SSSR count). The first-order valence-electron chi connectivity index (χ1n) is 8.58. The van der Waals surface area contributed by atoms with Crippen LogP contribution in [0.1, 0.15) is 13.3 Å². The first-order valence-corrected chi connectivity index (χ1v) is 8.58. The molecule has 2 aliphatic carbocycles. The number of hydrogen-bond donors (Lipinski definition) is 2. The molecule has 0 spiro atoms. The van der Waals surface area contributed by atoms with Crippen LogP contribution in [0.2, 0.25) is 0 Å². The summed E-state index contributed by atoms with van der Waals surface area (Å²) in [4.78, 5) is 50.0. The summed E-state index contributed by atoms with van der Waals surface area (Å²) in [6.45, 7) is 1.61. The summed E-state index contributed by atoms with van der Waals surface area (Å²) >= 11 is 0. The van der Waals surface area contributed by atoms with Crippen LogP contribution in [0.4, 0.5) is 0 Å². The highest BCUT2D eigenvalue weighted by Gasteiger charge is 2.70. The molecule has 0 unspecified atom stereocenters. The summed E-state index contributed by atoms with van der Waals surface area (Å²) < 4.78 is 19.0. The zero-order valence-corrected chi connectivity index (χ0v) is 16.3. The smallest absolute Gasteiger partial charge is 0.337 e. The fraction of sp³-hybridized carbons (Fsp3) is 0.667. The van der Waals surface area contributed by atoms with Gasteiger partial charge in [-0.3, -0.25) is 14.4 Å². The summed E-state index contributed by atoms with van der Waals surface area (Å²) in [6.07, 6.45) is 0.0598. The van der Waals surface area contributed by atoms with E-state index in [-0.39, 0.29) is 12.0 Å². The Bertz CT molecular complexity index is 726. The lowest BCUT2D eigenvalue weighted by Gasteiger charge is -2.54. The average Bonchev–Trinajstić information content (AvgIpc) is 2.65. The molecular formula is C18H24O10. The van der Waals surface area contributed by atoms with Crippen LogP contribution in [0.5, 0.6) is 0 Å². The number of hydrogen-bond acceptors (Lipinski definition) is 10. The van der Waals surface area contributed by atoms with E-state index in [0.29, 0.717) is 0 Å². The minimum absolute atomic E-state index is 0.0598. The Hall–Kier alpha value is -2.62. The maximum absolute atomic E-state index is 12.6. The Morgan fingerprint density at radius 1 is 0.893 bits per heavy atom. The third-order valence-corrected chi connectivity index (χ3v) is 5.73. The first kappa shape index (κ1) is 21.7. The van der Waals surface area contributed by atoms with Gasteiger partial charge in [0.15, 0.2) is 0 Å². The Morgan fingerprint density at radius 2 is 1.39 bits per heavy atom. The number of aliphatic hydroxyl groups excluding tert-OH is 1. The van der Waals surface area contributed by atoms with Crippen molar-refractivity contribution in [3.8, 4) is 0 Å². The molecule has 28 heavy (non-hydrogen) atoms. The highest BCUT2D eigenvalue weighted by atomic mass is 16.5. The van der Waals surface area contributed by atoms with Gasteiger partial charge in [0.05, 0.1) is 45.8 Å². The molecule has 10 nitrogen and oxygen atoms in total. The number of ether oxygens (including phenoxy) is 4. The van der Waals surface area contributed by atoms with Crippen molar-refractivity contribution in [2.75, 3.05) is 28.4 Å². The molecule has 6 atom stereocenters. The minimum Gasteiger partial charge on any atom is -0.511 e. The lowest BCUT2D eigenvalue weighted by atomic mass is 9.50. The van der Waals surface area contributed by atoms with Gasteiger partial charge in [0.25, 0.3) is 0 Å². The molecular weight excluding hydrogens is 376 g/mol. The van der Waals surface area contributed by atoms with Crippen molar-refractivity contribution in [1.29, 1.82) is 0 Å². The van der Waals surface area contributed by atoms with Crippen LogP contribution in [0.25, 0.3) is 0 Å². The Balaban J connectivity index is 2.89. The van der Waals surface area contributed by atoms with Gasteiger partial charge in [0.1, 0.15) is 17.3 Å². The van der Waals surface area contributed by atoms with E-state index in [1.807, 2.05) is 0 Å². The molecule has 2 N–H and O–H groups in total. The molecule has 0 saturated heterocycles. The molecule has 0 radical (unpaired) electrons. The maximum Gasteiger partial charge on any atom is 0.337 e. The van der Waals surface area contributed by atoms with Gasteiger partial charge in [-0.05, 0) is 12.3 Å². The Labute approximate surface area is 161 Å². The van der Waals surface area contributed by atoms with E-state index in [9.17, 15) is 29.4 Å². The Morgan fingerprint density at radius 3 is 1.86 bits per heavy atom. The zero-order chi connectivity index (χ0) is 21.4. The molecule has 1 saturated carbocycles. The van der Waals surface area contributed by atoms with Crippen LogP contribution in [0, 0.1) is 29.6 Å². The van der Waals surface area contributed by atoms with Gasteiger partial charge in [-0.25, -0.2) is 4.79 Å². The second kappa shape index (κ2) is 7.78. The van der Waals surface area contributed by atoms with E-state index in [0.717, 1.165) is 28.4 Å².